The summed E-state index contributed by atoms with van der Waals surface area (Å²) in [5.74, 6) is 0.298. The topological polar surface area (TPSA) is 41.8 Å². The third kappa shape index (κ3) is 1.85. The summed E-state index contributed by atoms with van der Waals surface area (Å²) in [6, 6.07) is 5.82. The van der Waals surface area contributed by atoms with Crippen LogP contribution in [0, 0.1) is 0 Å². The fraction of sp³-hybridized carbons (Fsp3) is 0.273. The summed E-state index contributed by atoms with van der Waals surface area (Å²) >= 11 is 12.0. The Morgan fingerprint density at radius 3 is 2.80 bits per heavy atom. The van der Waals surface area contributed by atoms with Gasteiger partial charge in [-0.15, -0.1) is 0 Å². The van der Waals surface area contributed by atoms with Crippen molar-refractivity contribution in [3.8, 4) is 0 Å². The van der Waals surface area contributed by atoms with Crippen LogP contribution in [0.3, 0.4) is 0 Å². The lowest BCUT2D eigenvalue weighted by molar-refractivity contribution is 0.754. The second kappa shape index (κ2) is 4.05. The number of nitrogens with one attached hydrogen (secondary N) is 1. The average Bonchev–Trinajstić information content (AvgIpc) is 2.67. The Balaban J connectivity index is 2.61. The van der Waals surface area contributed by atoms with E-state index in [0.29, 0.717) is 22.5 Å². The maximum absolute atomic E-state index is 6.09. The first kappa shape index (κ1) is 10.8. The summed E-state index contributed by atoms with van der Waals surface area (Å²) in [4.78, 5) is 3.26. The van der Waals surface area contributed by atoms with E-state index in [4.69, 9.17) is 28.9 Å². The number of halogens is 2. The van der Waals surface area contributed by atoms with Crippen molar-refractivity contribution in [2.24, 2.45) is 5.73 Å². The molecule has 0 aliphatic carbocycles. The van der Waals surface area contributed by atoms with Gasteiger partial charge in [0.15, 0.2) is 0 Å². The van der Waals surface area contributed by atoms with Gasteiger partial charge >= 0.3 is 0 Å². The van der Waals surface area contributed by atoms with Gasteiger partial charge in [-0.3, -0.25) is 0 Å². The van der Waals surface area contributed by atoms with E-state index in [0.717, 1.165) is 16.6 Å². The van der Waals surface area contributed by atoms with Crippen molar-refractivity contribution in [2.75, 3.05) is 6.54 Å². The molecule has 0 spiro atoms. The number of aromatic amines is 1. The molecular formula is C11H12Cl2N2. The number of hydrogen-bond donors (Lipinski definition) is 2. The Kier molecular flexibility index (Phi) is 2.91. The number of rotatable bonds is 2. The molecule has 2 aromatic rings. The summed E-state index contributed by atoms with van der Waals surface area (Å²) in [7, 11) is 0. The largest absolute Gasteiger partial charge is 0.357 e. The smallest absolute Gasteiger partial charge is 0.0833 e. The maximum Gasteiger partial charge on any atom is 0.0833 e. The molecule has 2 rings (SSSR count). The van der Waals surface area contributed by atoms with Crippen molar-refractivity contribution >= 4 is 34.1 Å². The van der Waals surface area contributed by atoms with E-state index < -0.39 is 0 Å². The SMILES string of the molecule is CC(CN)c1cc2ccc(Cl)c(Cl)c2[nH]1. The van der Waals surface area contributed by atoms with Gasteiger partial charge in [-0.1, -0.05) is 36.2 Å². The van der Waals surface area contributed by atoms with Gasteiger partial charge in [-0.2, -0.15) is 0 Å². The van der Waals surface area contributed by atoms with Crippen LogP contribution in [-0.2, 0) is 0 Å². The number of hydrogen-bond acceptors (Lipinski definition) is 1. The Hall–Kier alpha value is -0.700. The number of benzene rings is 1. The van der Waals surface area contributed by atoms with Gasteiger partial charge < -0.3 is 10.7 Å². The molecule has 1 heterocycles. The van der Waals surface area contributed by atoms with Gasteiger partial charge in [0.2, 0.25) is 0 Å². The second-order valence-corrected chi connectivity index (χ2v) is 4.47. The highest BCUT2D eigenvalue weighted by atomic mass is 35.5. The molecule has 0 saturated heterocycles. The van der Waals surface area contributed by atoms with Gasteiger partial charge in [0, 0.05) is 23.5 Å². The number of H-pyrrole nitrogens is 1. The van der Waals surface area contributed by atoms with E-state index in [1.807, 2.05) is 6.07 Å². The molecule has 0 aliphatic heterocycles. The monoisotopic (exact) mass is 242 g/mol. The molecule has 0 fully saturated rings. The molecule has 0 bridgehead atoms. The summed E-state index contributed by atoms with van der Waals surface area (Å²) < 4.78 is 0. The van der Waals surface area contributed by atoms with E-state index >= 15 is 0 Å². The molecule has 3 N–H and O–H groups in total. The van der Waals surface area contributed by atoms with E-state index in [2.05, 4.69) is 18.0 Å². The van der Waals surface area contributed by atoms with Crippen LogP contribution >= 0.6 is 23.2 Å². The van der Waals surface area contributed by atoms with Crippen LogP contribution in [0.5, 0.6) is 0 Å². The number of nitrogens with two attached hydrogens (primary N) is 1. The lowest BCUT2D eigenvalue weighted by Crippen LogP contribution is -2.08. The van der Waals surface area contributed by atoms with Crippen LogP contribution in [0.2, 0.25) is 10.0 Å². The van der Waals surface area contributed by atoms with Crippen LogP contribution < -0.4 is 5.73 Å². The zero-order chi connectivity index (χ0) is 11.0. The maximum atomic E-state index is 6.09. The third-order valence-corrected chi connectivity index (χ3v) is 3.40. The molecule has 0 saturated carbocycles. The summed E-state index contributed by atoms with van der Waals surface area (Å²) in [5.41, 5.74) is 7.60. The van der Waals surface area contributed by atoms with Gasteiger partial charge in [0.25, 0.3) is 0 Å². The van der Waals surface area contributed by atoms with E-state index in [-0.39, 0.29) is 0 Å². The Morgan fingerprint density at radius 1 is 1.40 bits per heavy atom. The first-order chi connectivity index (χ1) is 7.13. The summed E-state index contributed by atoms with van der Waals surface area (Å²) in [6.07, 6.45) is 0. The highest BCUT2D eigenvalue weighted by Crippen LogP contribution is 2.31. The first-order valence-corrected chi connectivity index (χ1v) is 5.55. The third-order valence-electron chi connectivity index (χ3n) is 2.59. The van der Waals surface area contributed by atoms with Crippen molar-refractivity contribution in [3.63, 3.8) is 0 Å². The molecule has 0 aliphatic rings. The average molecular weight is 243 g/mol. The molecule has 80 valence electrons. The quantitative estimate of drug-likeness (QED) is 0.832. The van der Waals surface area contributed by atoms with Crippen LogP contribution in [0.1, 0.15) is 18.5 Å². The van der Waals surface area contributed by atoms with Crippen LogP contribution in [0.4, 0.5) is 0 Å². The predicted molar refractivity (Wildman–Crippen MR) is 65.8 cm³/mol. The molecule has 1 unspecified atom stereocenters. The van der Waals surface area contributed by atoms with Gasteiger partial charge in [0.1, 0.15) is 0 Å². The fourth-order valence-corrected chi connectivity index (χ4v) is 1.93. The minimum atomic E-state index is 0.298. The fourth-order valence-electron chi connectivity index (χ4n) is 1.55. The second-order valence-electron chi connectivity index (χ2n) is 3.69. The first-order valence-electron chi connectivity index (χ1n) is 4.80. The molecule has 4 heteroatoms. The van der Waals surface area contributed by atoms with Crippen LogP contribution in [0.15, 0.2) is 18.2 Å². The van der Waals surface area contributed by atoms with Crippen molar-refractivity contribution in [1.29, 1.82) is 0 Å². The zero-order valence-corrected chi connectivity index (χ0v) is 9.86. The van der Waals surface area contributed by atoms with Gasteiger partial charge in [0.05, 0.1) is 15.6 Å². The Bertz CT molecular complexity index is 491. The van der Waals surface area contributed by atoms with Crippen molar-refractivity contribution in [2.45, 2.75) is 12.8 Å². The van der Waals surface area contributed by atoms with Crippen molar-refractivity contribution in [1.82, 2.24) is 4.98 Å². The molecule has 2 nitrogen and oxygen atoms in total. The Labute approximate surface area is 98.4 Å². The van der Waals surface area contributed by atoms with Crippen molar-refractivity contribution < 1.29 is 0 Å². The molecule has 0 amide bonds. The Morgan fingerprint density at radius 2 is 2.13 bits per heavy atom. The van der Waals surface area contributed by atoms with E-state index in [9.17, 15) is 0 Å². The van der Waals surface area contributed by atoms with E-state index in [1.54, 1.807) is 6.07 Å². The number of fused-ring (bicyclic) bond motifs is 1. The molecule has 1 aromatic heterocycles. The summed E-state index contributed by atoms with van der Waals surface area (Å²) in [5, 5.41) is 2.21. The lowest BCUT2D eigenvalue weighted by atomic mass is 10.1. The van der Waals surface area contributed by atoms with Gasteiger partial charge in [-0.25, -0.2) is 0 Å². The summed E-state index contributed by atoms with van der Waals surface area (Å²) in [6.45, 7) is 2.68. The molecule has 15 heavy (non-hydrogen) atoms. The van der Waals surface area contributed by atoms with Crippen molar-refractivity contribution in [3.05, 3.63) is 33.9 Å². The molecule has 1 atom stereocenters. The molecule has 0 radical (unpaired) electrons. The van der Waals surface area contributed by atoms with Gasteiger partial charge in [-0.05, 0) is 12.1 Å². The van der Waals surface area contributed by atoms with E-state index in [1.165, 1.54) is 0 Å². The lowest BCUT2D eigenvalue weighted by Gasteiger charge is -2.03. The number of aromatic nitrogens is 1. The predicted octanol–water partition coefficient (Wildman–Crippen LogP) is 3.54. The minimum absolute atomic E-state index is 0.298. The molecule has 1 aromatic carbocycles. The zero-order valence-electron chi connectivity index (χ0n) is 8.35. The van der Waals surface area contributed by atoms with Crippen LogP contribution in [0.25, 0.3) is 10.9 Å². The highest BCUT2D eigenvalue weighted by Gasteiger charge is 2.10. The minimum Gasteiger partial charge on any atom is -0.357 e. The molecular weight excluding hydrogens is 231 g/mol. The highest BCUT2D eigenvalue weighted by molar-refractivity contribution is 6.45. The van der Waals surface area contributed by atoms with Crippen LogP contribution in [-0.4, -0.2) is 11.5 Å². The normalized spacial score (nSPS) is 13.3. The standard InChI is InChI=1S/C11H12Cl2N2/c1-6(5-14)9-4-7-2-3-8(12)10(13)11(7)15-9/h2-4,6,15H,5,14H2,1H3.